The standard InChI is InChI=1S/C17H21N5OS/c1-4-13(17-18-11-19-22(17)3)20-16(23)10-24-15-9-21(2)14-8-6-5-7-12(14)15/h5-9,11,13H,4,10H2,1-3H3,(H,20,23)/t13-/m0/s1. The van der Waals surface area contributed by atoms with Crippen LogP contribution in [0.25, 0.3) is 10.9 Å². The molecular weight excluding hydrogens is 322 g/mol. The van der Waals surface area contributed by atoms with Gasteiger partial charge in [0.1, 0.15) is 12.2 Å². The third kappa shape index (κ3) is 3.31. The van der Waals surface area contributed by atoms with E-state index >= 15 is 0 Å². The van der Waals surface area contributed by atoms with E-state index in [1.54, 1.807) is 16.4 Å². The molecule has 3 aromatic rings. The van der Waals surface area contributed by atoms with Crippen molar-refractivity contribution in [1.82, 2.24) is 24.6 Å². The lowest BCUT2D eigenvalue weighted by molar-refractivity contribution is -0.119. The molecule has 0 fully saturated rings. The fourth-order valence-corrected chi connectivity index (χ4v) is 3.70. The number of hydrogen-bond donors (Lipinski definition) is 1. The first-order valence-electron chi connectivity index (χ1n) is 7.90. The molecule has 1 aromatic carbocycles. The Bertz CT molecular complexity index is 854. The van der Waals surface area contributed by atoms with Crippen molar-refractivity contribution in [2.45, 2.75) is 24.3 Å². The first-order valence-corrected chi connectivity index (χ1v) is 8.88. The Balaban J connectivity index is 1.65. The van der Waals surface area contributed by atoms with E-state index in [9.17, 15) is 4.79 Å². The van der Waals surface area contributed by atoms with Gasteiger partial charge in [-0.25, -0.2) is 4.98 Å². The summed E-state index contributed by atoms with van der Waals surface area (Å²) >= 11 is 1.56. The molecule has 0 aliphatic rings. The summed E-state index contributed by atoms with van der Waals surface area (Å²) in [5, 5.41) is 8.29. The van der Waals surface area contributed by atoms with Crippen LogP contribution in [0.4, 0.5) is 0 Å². The summed E-state index contributed by atoms with van der Waals surface area (Å²) in [6, 6.07) is 8.10. The molecule has 0 aliphatic carbocycles. The van der Waals surface area contributed by atoms with Crippen molar-refractivity contribution < 1.29 is 4.79 Å². The van der Waals surface area contributed by atoms with Crippen molar-refractivity contribution in [1.29, 1.82) is 0 Å². The molecule has 2 heterocycles. The van der Waals surface area contributed by atoms with Gasteiger partial charge in [-0.1, -0.05) is 25.1 Å². The summed E-state index contributed by atoms with van der Waals surface area (Å²) in [6.07, 6.45) is 4.36. The van der Waals surface area contributed by atoms with E-state index < -0.39 is 0 Å². The molecule has 0 unspecified atom stereocenters. The predicted molar refractivity (Wildman–Crippen MR) is 95.8 cm³/mol. The summed E-state index contributed by atoms with van der Waals surface area (Å²) in [7, 11) is 3.86. The highest BCUT2D eigenvalue weighted by Gasteiger charge is 2.17. The molecule has 0 spiro atoms. The van der Waals surface area contributed by atoms with Crippen LogP contribution in [0.15, 0.2) is 41.7 Å². The number of hydrogen-bond acceptors (Lipinski definition) is 4. The number of nitrogens with zero attached hydrogens (tertiary/aromatic N) is 4. The van der Waals surface area contributed by atoms with Crippen LogP contribution in [-0.4, -0.2) is 31.0 Å². The quantitative estimate of drug-likeness (QED) is 0.699. The largest absolute Gasteiger partial charge is 0.349 e. The number of aryl methyl sites for hydroxylation is 2. The number of benzene rings is 1. The fraction of sp³-hybridized carbons (Fsp3) is 0.353. The van der Waals surface area contributed by atoms with Gasteiger partial charge in [0, 0.05) is 36.1 Å². The zero-order valence-corrected chi connectivity index (χ0v) is 14.9. The Morgan fingerprint density at radius 3 is 2.83 bits per heavy atom. The number of carbonyl (C=O) groups is 1. The SMILES string of the molecule is CC[C@H](NC(=O)CSc1cn(C)c2ccccc12)c1ncnn1C. The average molecular weight is 343 g/mol. The molecule has 24 heavy (non-hydrogen) atoms. The second-order valence-electron chi connectivity index (χ2n) is 5.68. The van der Waals surface area contributed by atoms with Crippen molar-refractivity contribution in [3.63, 3.8) is 0 Å². The number of thioether (sulfide) groups is 1. The Hall–Kier alpha value is -2.28. The molecule has 1 atom stereocenters. The van der Waals surface area contributed by atoms with Gasteiger partial charge in [0.2, 0.25) is 5.91 Å². The summed E-state index contributed by atoms with van der Waals surface area (Å²) in [5.74, 6) is 1.16. The molecular formula is C17H21N5OS. The van der Waals surface area contributed by atoms with Crippen molar-refractivity contribution >= 4 is 28.6 Å². The number of para-hydroxylation sites is 1. The number of aromatic nitrogens is 4. The van der Waals surface area contributed by atoms with Crippen LogP contribution in [0.3, 0.4) is 0 Å². The van der Waals surface area contributed by atoms with E-state index in [1.165, 1.54) is 17.2 Å². The monoisotopic (exact) mass is 343 g/mol. The lowest BCUT2D eigenvalue weighted by atomic mass is 10.2. The molecule has 0 radical (unpaired) electrons. The van der Waals surface area contributed by atoms with Crippen LogP contribution in [0.5, 0.6) is 0 Å². The van der Waals surface area contributed by atoms with Crippen LogP contribution < -0.4 is 5.32 Å². The highest BCUT2D eigenvalue weighted by molar-refractivity contribution is 8.00. The molecule has 0 saturated heterocycles. The van der Waals surface area contributed by atoms with E-state index in [0.29, 0.717) is 5.75 Å². The van der Waals surface area contributed by atoms with E-state index in [2.05, 4.69) is 38.3 Å². The average Bonchev–Trinajstić information content (AvgIpc) is 3.15. The maximum Gasteiger partial charge on any atom is 0.230 e. The predicted octanol–water partition coefficient (Wildman–Crippen LogP) is 2.67. The molecule has 126 valence electrons. The number of nitrogens with one attached hydrogen (secondary N) is 1. The molecule has 3 rings (SSSR count). The summed E-state index contributed by atoms with van der Waals surface area (Å²) in [6.45, 7) is 2.03. The van der Waals surface area contributed by atoms with Gasteiger partial charge in [0.25, 0.3) is 0 Å². The Morgan fingerprint density at radius 2 is 2.12 bits per heavy atom. The minimum atomic E-state index is -0.113. The molecule has 1 N–H and O–H groups in total. The highest BCUT2D eigenvalue weighted by Crippen LogP contribution is 2.29. The van der Waals surface area contributed by atoms with Gasteiger partial charge >= 0.3 is 0 Å². The highest BCUT2D eigenvalue weighted by atomic mass is 32.2. The number of fused-ring (bicyclic) bond motifs is 1. The molecule has 0 saturated carbocycles. The first-order chi connectivity index (χ1) is 11.6. The van der Waals surface area contributed by atoms with Gasteiger partial charge in [-0.3, -0.25) is 9.48 Å². The number of rotatable bonds is 6. The maximum atomic E-state index is 12.3. The van der Waals surface area contributed by atoms with Crippen molar-refractivity contribution in [2.75, 3.05) is 5.75 Å². The zero-order chi connectivity index (χ0) is 17.1. The zero-order valence-electron chi connectivity index (χ0n) is 14.1. The third-order valence-corrected chi connectivity index (χ3v) is 5.06. The van der Waals surface area contributed by atoms with Crippen LogP contribution in [0.2, 0.25) is 0 Å². The molecule has 6 nitrogen and oxygen atoms in total. The first kappa shape index (κ1) is 16.6. The molecule has 0 bridgehead atoms. The van der Waals surface area contributed by atoms with E-state index in [-0.39, 0.29) is 11.9 Å². The summed E-state index contributed by atoms with van der Waals surface area (Å²) in [4.78, 5) is 17.7. The summed E-state index contributed by atoms with van der Waals surface area (Å²) in [5.41, 5.74) is 1.17. The van der Waals surface area contributed by atoms with Gasteiger partial charge in [-0.15, -0.1) is 11.8 Å². The van der Waals surface area contributed by atoms with Crippen LogP contribution >= 0.6 is 11.8 Å². The van der Waals surface area contributed by atoms with Gasteiger partial charge in [0.05, 0.1) is 11.8 Å². The topological polar surface area (TPSA) is 64.7 Å². The van der Waals surface area contributed by atoms with Crippen LogP contribution in [0.1, 0.15) is 25.2 Å². The maximum absolute atomic E-state index is 12.3. The Kier molecular flexibility index (Phi) is 4.89. The molecule has 0 aliphatic heterocycles. The van der Waals surface area contributed by atoms with Crippen molar-refractivity contribution in [3.05, 3.63) is 42.6 Å². The van der Waals surface area contributed by atoms with Gasteiger partial charge in [-0.2, -0.15) is 5.10 Å². The smallest absolute Gasteiger partial charge is 0.230 e. The minimum Gasteiger partial charge on any atom is -0.349 e. The Morgan fingerprint density at radius 1 is 1.33 bits per heavy atom. The molecule has 2 aromatic heterocycles. The van der Waals surface area contributed by atoms with Gasteiger partial charge in [0.15, 0.2) is 0 Å². The van der Waals surface area contributed by atoms with E-state index in [0.717, 1.165) is 17.1 Å². The molecule has 7 heteroatoms. The van der Waals surface area contributed by atoms with Crippen LogP contribution in [-0.2, 0) is 18.9 Å². The van der Waals surface area contributed by atoms with E-state index in [4.69, 9.17) is 0 Å². The third-order valence-electron chi connectivity index (χ3n) is 4.02. The van der Waals surface area contributed by atoms with Crippen molar-refractivity contribution in [2.24, 2.45) is 14.1 Å². The Labute approximate surface area is 145 Å². The van der Waals surface area contributed by atoms with Gasteiger partial charge < -0.3 is 9.88 Å². The lowest BCUT2D eigenvalue weighted by Gasteiger charge is -2.15. The second kappa shape index (κ2) is 7.09. The minimum absolute atomic E-state index is 0.00258. The normalized spacial score (nSPS) is 12.5. The van der Waals surface area contributed by atoms with Crippen molar-refractivity contribution in [3.8, 4) is 0 Å². The lowest BCUT2D eigenvalue weighted by Crippen LogP contribution is -2.31. The summed E-state index contributed by atoms with van der Waals surface area (Å²) < 4.78 is 3.79. The van der Waals surface area contributed by atoms with E-state index in [1.807, 2.05) is 33.2 Å². The fourth-order valence-electron chi connectivity index (χ4n) is 2.77. The van der Waals surface area contributed by atoms with Gasteiger partial charge in [-0.05, 0) is 12.5 Å². The molecule has 1 amide bonds. The second-order valence-corrected chi connectivity index (χ2v) is 6.70. The van der Waals surface area contributed by atoms with Crippen LogP contribution in [0, 0.1) is 0 Å². The number of carbonyl (C=O) groups excluding carboxylic acids is 1. The number of amides is 1.